The summed E-state index contributed by atoms with van der Waals surface area (Å²) >= 11 is 0. The Morgan fingerprint density at radius 3 is 1.36 bits per heavy atom. The van der Waals surface area contributed by atoms with E-state index >= 15 is 0 Å². The summed E-state index contributed by atoms with van der Waals surface area (Å²) < 4.78 is 13.4. The molecule has 2 nitrogen and oxygen atoms in total. The van der Waals surface area contributed by atoms with E-state index in [1.807, 2.05) is 42.5 Å². The number of phenolic OH excluding ortho intramolecular Hbond substituents is 1. The number of hydrogen-bond acceptors (Lipinski definition) is 2. The number of benzene rings is 9. The maximum absolute atomic E-state index is 13.4. The highest BCUT2D eigenvalue weighted by molar-refractivity contribution is 6.22. The fourth-order valence-electron chi connectivity index (χ4n) is 9.45. The fourth-order valence-corrected chi connectivity index (χ4v) is 9.45. The van der Waals surface area contributed by atoms with Gasteiger partial charge in [0.25, 0.3) is 0 Å². The van der Waals surface area contributed by atoms with E-state index in [2.05, 4.69) is 178 Å². The molecule has 0 aromatic heterocycles. The van der Waals surface area contributed by atoms with Crippen molar-refractivity contribution in [1.82, 2.24) is 0 Å². The highest BCUT2D eigenvalue weighted by Crippen LogP contribution is 2.50. The summed E-state index contributed by atoms with van der Waals surface area (Å²) in [6.45, 7) is 12.6. The summed E-state index contributed by atoms with van der Waals surface area (Å²) in [5.74, 6) is 0.366. The van der Waals surface area contributed by atoms with Crippen LogP contribution in [0.2, 0.25) is 0 Å². The minimum Gasteiger partial charge on any atom is -0.508 e. The topological polar surface area (TPSA) is 29.5 Å². The molecule has 0 bridgehead atoms. The van der Waals surface area contributed by atoms with Crippen LogP contribution in [-0.2, 0) is 0 Å². The summed E-state index contributed by atoms with van der Waals surface area (Å²) in [4.78, 5) is 4.10. The summed E-state index contributed by atoms with van der Waals surface area (Å²) in [5.41, 5.74) is 16.8. The van der Waals surface area contributed by atoms with E-state index in [-0.39, 0.29) is 11.5 Å². The van der Waals surface area contributed by atoms with E-state index in [4.69, 9.17) is 0 Å². The number of hydrogen-bond donors (Lipinski definition) is 1. The predicted octanol–water partition coefficient (Wildman–Crippen LogP) is 18.1. The second kappa shape index (κ2) is 19.2. The molecule has 0 spiro atoms. The van der Waals surface area contributed by atoms with Crippen LogP contribution in [-0.4, -0.2) is 5.11 Å². The molecule has 0 fully saturated rings. The molecule has 0 radical (unpaired) electrons. The van der Waals surface area contributed by atoms with Crippen molar-refractivity contribution in [3.8, 4) is 78.3 Å². The van der Waals surface area contributed by atoms with Crippen molar-refractivity contribution in [3.63, 3.8) is 0 Å². The van der Waals surface area contributed by atoms with Crippen molar-refractivity contribution < 1.29 is 14.6 Å². The Kier molecular flexibility index (Phi) is 12.5. The molecule has 0 amide bonds. The van der Waals surface area contributed by atoms with Crippen molar-refractivity contribution in [1.29, 1.82) is 0 Å². The van der Waals surface area contributed by atoms with Crippen LogP contribution < -0.4 is 4.94 Å². The first-order valence-corrected chi connectivity index (χ1v) is 22.3. The molecule has 0 atom stereocenters. The van der Waals surface area contributed by atoms with E-state index in [9.17, 15) is 9.63 Å². The zero-order valence-electron chi connectivity index (χ0n) is 37.1. The van der Waals surface area contributed by atoms with Gasteiger partial charge in [-0.3, -0.25) is 4.94 Å². The second-order valence-electron chi connectivity index (χ2n) is 16.2. The summed E-state index contributed by atoms with van der Waals surface area (Å²) in [6.07, 6.45) is 13.1. The number of phenols is 1. The lowest BCUT2D eigenvalue weighted by molar-refractivity contribution is -0.00618. The maximum Gasteiger partial charge on any atom is 0.171 e. The first kappa shape index (κ1) is 43.0. The van der Waals surface area contributed by atoms with Gasteiger partial charge < -0.3 is 5.11 Å². The van der Waals surface area contributed by atoms with Crippen molar-refractivity contribution >= 4 is 32.7 Å². The van der Waals surface area contributed by atoms with Crippen LogP contribution in [0, 0.1) is 0 Å². The van der Waals surface area contributed by atoms with Crippen molar-refractivity contribution in [2.45, 2.75) is 20.3 Å². The standard InChI is InChI=1S/C63H49FO2/c1-5-19-42(8-4)56-38-48(40-58(44-22-11-9-12-23-44)60(56)47-32-36-51(66-64)37-33-47)62-52-26-15-17-28-54(52)63(55-29-18-16-27-53(55)62)49-39-57(43(20-6-2)21-7-3)61(46-30-34-50(65)35-31-46)59(41-49)45-24-13-10-14-25-45/h5-6,8-41,65H,1,4,7H2,2-3H3/b20-6-,42-19+,43-21+. The van der Waals surface area contributed by atoms with Crippen LogP contribution >= 0.6 is 0 Å². The molecular formula is C63H49FO2. The molecule has 320 valence electrons. The highest BCUT2D eigenvalue weighted by atomic mass is 19.3. The van der Waals surface area contributed by atoms with Gasteiger partial charge in [-0.15, -0.1) is 0 Å². The van der Waals surface area contributed by atoms with Crippen molar-refractivity contribution in [2.24, 2.45) is 0 Å². The third kappa shape index (κ3) is 8.19. The lowest BCUT2D eigenvalue weighted by Crippen LogP contribution is -1.98. The molecule has 0 unspecified atom stereocenters. The van der Waals surface area contributed by atoms with Gasteiger partial charge in [0.2, 0.25) is 0 Å². The van der Waals surface area contributed by atoms with E-state index in [0.717, 1.165) is 117 Å². The molecule has 0 heterocycles. The van der Waals surface area contributed by atoms with Crippen LogP contribution in [0.1, 0.15) is 31.4 Å². The SMILES string of the molecule is C=C/C=C(\C=C)c1cc(-c2c3ccccc3c(-c3cc(C(/C=C\C)=C/CC)c(-c4ccc(O)cc4)c(-c4ccccc4)c3)c3ccccc23)cc(-c2ccccc2)c1-c1ccc(OF)cc1. The highest BCUT2D eigenvalue weighted by Gasteiger charge is 2.24. The zero-order chi connectivity index (χ0) is 45.6. The van der Waals surface area contributed by atoms with E-state index in [0.29, 0.717) is 0 Å². The Bertz CT molecular complexity index is 3280. The minimum atomic E-state index is 0.138. The van der Waals surface area contributed by atoms with Gasteiger partial charge in [-0.2, -0.15) is 0 Å². The minimum absolute atomic E-state index is 0.138. The average molecular weight is 857 g/mol. The Labute approximate surface area is 386 Å². The molecule has 9 rings (SSSR count). The molecule has 0 aliphatic carbocycles. The molecule has 0 saturated carbocycles. The van der Waals surface area contributed by atoms with Gasteiger partial charge >= 0.3 is 0 Å². The Hall–Kier alpha value is -8.27. The third-order valence-corrected chi connectivity index (χ3v) is 12.3. The quantitative estimate of drug-likeness (QED) is 0.0925. The number of fused-ring (bicyclic) bond motifs is 2. The Morgan fingerprint density at radius 1 is 0.515 bits per heavy atom. The lowest BCUT2D eigenvalue weighted by Gasteiger charge is -2.23. The molecule has 1 N–H and O–H groups in total. The van der Waals surface area contributed by atoms with E-state index < -0.39 is 0 Å². The number of rotatable bonds is 13. The largest absolute Gasteiger partial charge is 0.508 e. The fraction of sp³-hybridized carbons (Fsp3) is 0.0476. The average Bonchev–Trinajstić information content (AvgIpc) is 3.37. The van der Waals surface area contributed by atoms with E-state index in [1.165, 1.54) is 0 Å². The van der Waals surface area contributed by atoms with Gasteiger partial charge in [0.15, 0.2) is 5.75 Å². The first-order valence-electron chi connectivity index (χ1n) is 22.3. The van der Waals surface area contributed by atoms with Crippen LogP contribution in [0.3, 0.4) is 0 Å². The number of aromatic hydroxyl groups is 1. The van der Waals surface area contributed by atoms with Crippen LogP contribution in [0.4, 0.5) is 4.53 Å². The molecule has 0 aliphatic rings. The number of halogens is 1. The monoisotopic (exact) mass is 856 g/mol. The summed E-state index contributed by atoms with van der Waals surface area (Å²) in [6, 6.07) is 62.4. The van der Waals surface area contributed by atoms with Crippen molar-refractivity contribution in [2.75, 3.05) is 0 Å². The molecular weight excluding hydrogens is 808 g/mol. The Morgan fingerprint density at radius 2 is 0.955 bits per heavy atom. The maximum atomic E-state index is 13.4. The van der Waals surface area contributed by atoms with Gasteiger partial charge in [0, 0.05) is 4.53 Å². The Balaban J connectivity index is 1.41. The smallest absolute Gasteiger partial charge is 0.171 e. The zero-order valence-corrected chi connectivity index (χ0v) is 37.1. The van der Waals surface area contributed by atoms with E-state index in [1.54, 1.807) is 30.3 Å². The normalized spacial score (nSPS) is 11.9. The van der Waals surface area contributed by atoms with Gasteiger partial charge in [0.1, 0.15) is 5.75 Å². The molecule has 0 saturated heterocycles. The third-order valence-electron chi connectivity index (χ3n) is 12.3. The molecule has 0 aliphatic heterocycles. The lowest BCUT2D eigenvalue weighted by atomic mass is 9.80. The summed E-state index contributed by atoms with van der Waals surface area (Å²) in [5, 5.41) is 14.9. The van der Waals surface area contributed by atoms with Crippen LogP contribution in [0.5, 0.6) is 11.5 Å². The van der Waals surface area contributed by atoms with Crippen LogP contribution in [0.25, 0.3) is 99.5 Å². The van der Waals surface area contributed by atoms with Crippen LogP contribution in [0.15, 0.2) is 232 Å². The second-order valence-corrected chi connectivity index (χ2v) is 16.2. The molecule has 3 heteroatoms. The summed E-state index contributed by atoms with van der Waals surface area (Å²) in [7, 11) is 0. The molecule has 9 aromatic carbocycles. The van der Waals surface area contributed by atoms with Gasteiger partial charge in [-0.25, -0.2) is 0 Å². The predicted molar refractivity (Wildman–Crippen MR) is 279 cm³/mol. The van der Waals surface area contributed by atoms with Crippen molar-refractivity contribution in [3.05, 3.63) is 243 Å². The first-order chi connectivity index (χ1) is 32.5. The molecule has 66 heavy (non-hydrogen) atoms. The van der Waals surface area contributed by atoms with Gasteiger partial charge in [-0.1, -0.05) is 190 Å². The molecule has 9 aromatic rings. The van der Waals surface area contributed by atoms with Gasteiger partial charge in [-0.05, 0) is 172 Å². The number of allylic oxidation sites excluding steroid dienone is 8. The van der Waals surface area contributed by atoms with Gasteiger partial charge in [0.05, 0.1) is 0 Å².